The average Bonchev–Trinajstić information content (AvgIpc) is 2.81. The number of nitrogens with zero attached hydrogens (tertiary/aromatic N) is 2. The lowest BCUT2D eigenvalue weighted by atomic mass is 9.86. The SMILES string of the molecule is CN1CCC(c2ccc(F)cc2)c2ccc(N3CCOCC3)cc2C1. The summed E-state index contributed by atoms with van der Waals surface area (Å²) in [5, 5.41) is 0. The summed E-state index contributed by atoms with van der Waals surface area (Å²) in [6.45, 7) is 5.52. The van der Waals surface area contributed by atoms with Gasteiger partial charge in [0.05, 0.1) is 13.2 Å². The molecule has 132 valence electrons. The molecular weight excluding hydrogens is 315 g/mol. The van der Waals surface area contributed by atoms with Crippen molar-refractivity contribution in [3.05, 3.63) is 65.0 Å². The zero-order valence-electron chi connectivity index (χ0n) is 14.7. The summed E-state index contributed by atoms with van der Waals surface area (Å²) in [6, 6.07) is 13.9. The molecule has 2 aliphatic heterocycles. The lowest BCUT2D eigenvalue weighted by Gasteiger charge is -2.30. The molecule has 0 radical (unpaired) electrons. The fraction of sp³-hybridized carbons (Fsp3) is 0.429. The van der Waals surface area contributed by atoms with Crippen LogP contribution in [0.15, 0.2) is 42.5 Å². The third-order valence-corrected chi connectivity index (χ3v) is 5.39. The molecule has 0 saturated carbocycles. The second-order valence-electron chi connectivity index (χ2n) is 7.11. The van der Waals surface area contributed by atoms with E-state index < -0.39 is 0 Å². The number of hydrogen-bond donors (Lipinski definition) is 0. The zero-order valence-corrected chi connectivity index (χ0v) is 14.7. The second kappa shape index (κ2) is 7.14. The fourth-order valence-electron chi connectivity index (χ4n) is 4.00. The van der Waals surface area contributed by atoms with E-state index in [4.69, 9.17) is 4.74 Å². The molecule has 4 rings (SSSR count). The smallest absolute Gasteiger partial charge is 0.123 e. The van der Waals surface area contributed by atoms with E-state index >= 15 is 0 Å². The van der Waals surface area contributed by atoms with Crippen molar-refractivity contribution in [1.82, 2.24) is 4.90 Å². The van der Waals surface area contributed by atoms with Crippen molar-refractivity contribution >= 4 is 5.69 Å². The largest absolute Gasteiger partial charge is 0.378 e. The number of ether oxygens (including phenoxy) is 1. The monoisotopic (exact) mass is 340 g/mol. The molecular formula is C21H25FN2O. The molecule has 1 atom stereocenters. The molecule has 0 N–H and O–H groups in total. The summed E-state index contributed by atoms with van der Waals surface area (Å²) in [5.74, 6) is 0.164. The van der Waals surface area contributed by atoms with Crippen LogP contribution in [0.3, 0.4) is 0 Å². The molecule has 25 heavy (non-hydrogen) atoms. The van der Waals surface area contributed by atoms with E-state index in [1.807, 2.05) is 12.1 Å². The first-order valence-corrected chi connectivity index (χ1v) is 9.10. The van der Waals surface area contributed by atoms with Crippen LogP contribution in [-0.4, -0.2) is 44.8 Å². The van der Waals surface area contributed by atoms with Crippen molar-refractivity contribution in [2.45, 2.75) is 18.9 Å². The van der Waals surface area contributed by atoms with E-state index in [9.17, 15) is 4.39 Å². The highest BCUT2D eigenvalue weighted by Crippen LogP contribution is 2.35. The van der Waals surface area contributed by atoms with E-state index in [-0.39, 0.29) is 5.82 Å². The van der Waals surface area contributed by atoms with Gasteiger partial charge in [0.15, 0.2) is 0 Å². The maximum atomic E-state index is 13.3. The van der Waals surface area contributed by atoms with Crippen molar-refractivity contribution in [3.63, 3.8) is 0 Å². The van der Waals surface area contributed by atoms with Gasteiger partial charge in [0.2, 0.25) is 0 Å². The Labute approximate surface area is 149 Å². The van der Waals surface area contributed by atoms with Gasteiger partial charge in [-0.15, -0.1) is 0 Å². The maximum Gasteiger partial charge on any atom is 0.123 e. The van der Waals surface area contributed by atoms with Crippen molar-refractivity contribution < 1.29 is 9.13 Å². The Morgan fingerprint density at radius 1 is 1.00 bits per heavy atom. The van der Waals surface area contributed by atoms with E-state index in [1.165, 1.54) is 22.4 Å². The quantitative estimate of drug-likeness (QED) is 0.830. The third kappa shape index (κ3) is 3.55. The van der Waals surface area contributed by atoms with Gasteiger partial charge in [0.25, 0.3) is 0 Å². The number of morpholine rings is 1. The van der Waals surface area contributed by atoms with E-state index in [0.29, 0.717) is 5.92 Å². The first-order chi connectivity index (χ1) is 12.2. The van der Waals surface area contributed by atoms with Crippen LogP contribution >= 0.6 is 0 Å². The zero-order chi connectivity index (χ0) is 17.2. The summed E-state index contributed by atoms with van der Waals surface area (Å²) in [4.78, 5) is 4.78. The number of hydrogen-bond acceptors (Lipinski definition) is 3. The van der Waals surface area contributed by atoms with Crippen LogP contribution in [0, 0.1) is 5.82 Å². The first kappa shape index (κ1) is 16.6. The summed E-state index contributed by atoms with van der Waals surface area (Å²) in [6.07, 6.45) is 1.06. The topological polar surface area (TPSA) is 15.7 Å². The van der Waals surface area contributed by atoms with Crippen LogP contribution in [0.4, 0.5) is 10.1 Å². The van der Waals surface area contributed by atoms with E-state index in [0.717, 1.165) is 45.8 Å². The van der Waals surface area contributed by atoms with Crippen LogP contribution in [0.2, 0.25) is 0 Å². The van der Waals surface area contributed by atoms with Gasteiger partial charge in [-0.3, -0.25) is 0 Å². The Bertz CT molecular complexity index is 725. The summed E-state index contributed by atoms with van der Waals surface area (Å²) < 4.78 is 18.8. The van der Waals surface area contributed by atoms with Gasteiger partial charge in [-0.1, -0.05) is 18.2 Å². The minimum absolute atomic E-state index is 0.169. The molecule has 3 nitrogen and oxygen atoms in total. The number of benzene rings is 2. The molecule has 2 aromatic rings. The molecule has 2 heterocycles. The van der Waals surface area contributed by atoms with Gasteiger partial charge in [-0.05, 0) is 61.0 Å². The van der Waals surface area contributed by atoms with E-state index in [1.54, 1.807) is 12.1 Å². The van der Waals surface area contributed by atoms with Crippen molar-refractivity contribution in [3.8, 4) is 0 Å². The fourth-order valence-corrected chi connectivity index (χ4v) is 4.00. The molecule has 0 aliphatic carbocycles. The summed E-state index contributed by atoms with van der Waals surface area (Å²) in [7, 11) is 2.18. The number of fused-ring (bicyclic) bond motifs is 1. The standard InChI is InChI=1S/C21H25FN2O/c1-23-9-8-21(16-2-4-18(22)5-3-16)20-7-6-19(14-17(20)15-23)24-10-12-25-13-11-24/h2-7,14,21H,8-13,15H2,1H3. The molecule has 1 unspecified atom stereocenters. The highest BCUT2D eigenvalue weighted by molar-refractivity contribution is 5.53. The molecule has 0 amide bonds. The van der Waals surface area contributed by atoms with Gasteiger partial charge >= 0.3 is 0 Å². The Hall–Kier alpha value is -1.91. The second-order valence-corrected chi connectivity index (χ2v) is 7.11. The average molecular weight is 340 g/mol. The molecule has 1 fully saturated rings. The molecule has 4 heteroatoms. The van der Waals surface area contributed by atoms with Crippen LogP contribution in [0.1, 0.15) is 29.0 Å². The Balaban J connectivity index is 1.69. The Morgan fingerprint density at radius 3 is 2.52 bits per heavy atom. The summed E-state index contributed by atoms with van der Waals surface area (Å²) in [5.41, 5.74) is 5.26. The highest BCUT2D eigenvalue weighted by Gasteiger charge is 2.23. The summed E-state index contributed by atoms with van der Waals surface area (Å²) >= 11 is 0. The van der Waals surface area contributed by atoms with Gasteiger partial charge in [0, 0.05) is 31.2 Å². The maximum absolute atomic E-state index is 13.3. The molecule has 2 aromatic carbocycles. The van der Waals surface area contributed by atoms with Crippen LogP contribution in [-0.2, 0) is 11.3 Å². The van der Waals surface area contributed by atoms with Gasteiger partial charge in [-0.25, -0.2) is 4.39 Å². The van der Waals surface area contributed by atoms with Gasteiger partial charge in [0.1, 0.15) is 5.82 Å². The van der Waals surface area contributed by atoms with Crippen LogP contribution < -0.4 is 4.90 Å². The van der Waals surface area contributed by atoms with Crippen molar-refractivity contribution in [1.29, 1.82) is 0 Å². The van der Waals surface area contributed by atoms with Crippen molar-refractivity contribution in [2.75, 3.05) is 44.8 Å². The minimum atomic E-state index is -0.169. The van der Waals surface area contributed by atoms with Gasteiger partial charge in [-0.2, -0.15) is 0 Å². The first-order valence-electron chi connectivity index (χ1n) is 9.10. The van der Waals surface area contributed by atoms with Crippen molar-refractivity contribution in [2.24, 2.45) is 0 Å². The predicted molar refractivity (Wildman–Crippen MR) is 98.7 cm³/mol. The number of rotatable bonds is 2. The van der Waals surface area contributed by atoms with Gasteiger partial charge < -0.3 is 14.5 Å². The van der Waals surface area contributed by atoms with E-state index in [2.05, 4.69) is 35.0 Å². The number of anilines is 1. The molecule has 0 aromatic heterocycles. The Morgan fingerprint density at radius 2 is 1.76 bits per heavy atom. The normalized spacial score (nSPS) is 21.7. The van der Waals surface area contributed by atoms with Crippen LogP contribution in [0.5, 0.6) is 0 Å². The molecule has 0 spiro atoms. The lowest BCUT2D eigenvalue weighted by molar-refractivity contribution is 0.122. The third-order valence-electron chi connectivity index (χ3n) is 5.39. The Kier molecular flexibility index (Phi) is 4.73. The predicted octanol–water partition coefficient (Wildman–Crippen LogP) is 3.63. The highest BCUT2D eigenvalue weighted by atomic mass is 19.1. The minimum Gasteiger partial charge on any atom is -0.378 e. The molecule has 2 aliphatic rings. The van der Waals surface area contributed by atoms with Crippen LogP contribution in [0.25, 0.3) is 0 Å². The molecule has 1 saturated heterocycles. The molecule has 0 bridgehead atoms. The lowest BCUT2D eigenvalue weighted by Crippen LogP contribution is -2.36. The number of halogens is 1.